The van der Waals surface area contributed by atoms with Crippen LogP contribution in [0.4, 0.5) is 17.1 Å². The Hall–Kier alpha value is -2.05. The van der Waals surface area contributed by atoms with Gasteiger partial charge in [0, 0.05) is 31.2 Å². The molecule has 0 bridgehead atoms. The fourth-order valence-electron chi connectivity index (χ4n) is 4.27. The summed E-state index contributed by atoms with van der Waals surface area (Å²) < 4.78 is 1.75. The maximum atomic E-state index is 13.1. The lowest BCUT2D eigenvalue weighted by Crippen LogP contribution is -2.44. The Labute approximate surface area is 160 Å². The number of hydrogen-bond donors (Lipinski definition) is 3. The number of halogens is 1. The number of carbonyl (C=O) groups is 1. The minimum absolute atomic E-state index is 0. The van der Waals surface area contributed by atoms with E-state index in [0.717, 1.165) is 49.4 Å². The molecule has 4 rings (SSSR count). The molecule has 140 valence electrons. The van der Waals surface area contributed by atoms with Crippen LogP contribution in [-0.2, 0) is 11.8 Å². The Morgan fingerprint density at radius 3 is 2.96 bits per heavy atom. The van der Waals surface area contributed by atoms with Gasteiger partial charge in [0.15, 0.2) is 0 Å². The van der Waals surface area contributed by atoms with Crippen LogP contribution in [0.1, 0.15) is 25.7 Å². The number of rotatable bonds is 4. The highest BCUT2D eigenvalue weighted by Crippen LogP contribution is 2.44. The van der Waals surface area contributed by atoms with Crippen LogP contribution in [-0.4, -0.2) is 28.8 Å². The molecule has 6 nitrogen and oxygen atoms in total. The molecule has 0 spiro atoms. The summed E-state index contributed by atoms with van der Waals surface area (Å²) in [6.07, 6.45) is 8.23. The van der Waals surface area contributed by atoms with Crippen molar-refractivity contribution >= 4 is 35.4 Å². The number of carbonyl (C=O) groups excluding carboxylic acids is 1. The Morgan fingerprint density at radius 2 is 2.15 bits per heavy atom. The van der Waals surface area contributed by atoms with E-state index in [0.29, 0.717) is 5.92 Å². The van der Waals surface area contributed by atoms with E-state index in [1.807, 2.05) is 37.5 Å². The summed E-state index contributed by atoms with van der Waals surface area (Å²) in [4.78, 5) is 13.1. The minimum atomic E-state index is -0.231. The predicted molar refractivity (Wildman–Crippen MR) is 106 cm³/mol. The Bertz CT molecular complexity index is 777. The third-order valence-corrected chi connectivity index (χ3v) is 5.60. The van der Waals surface area contributed by atoms with Crippen molar-refractivity contribution in [2.24, 2.45) is 18.4 Å². The van der Waals surface area contributed by atoms with E-state index in [-0.39, 0.29) is 23.7 Å². The lowest BCUT2D eigenvalue weighted by molar-refractivity contribution is -0.128. The molecule has 2 heterocycles. The molecule has 1 amide bonds. The summed E-state index contributed by atoms with van der Waals surface area (Å²) >= 11 is 0. The third-order valence-electron chi connectivity index (χ3n) is 5.60. The zero-order valence-corrected chi connectivity index (χ0v) is 15.8. The lowest BCUT2D eigenvalue weighted by Gasteiger charge is -2.37. The minimum Gasteiger partial charge on any atom is -0.353 e. The first kappa shape index (κ1) is 18.7. The van der Waals surface area contributed by atoms with E-state index in [4.69, 9.17) is 0 Å². The number of nitrogens with one attached hydrogen (secondary N) is 3. The van der Waals surface area contributed by atoms with Gasteiger partial charge in [-0.3, -0.25) is 9.48 Å². The van der Waals surface area contributed by atoms with Gasteiger partial charge in [-0.05, 0) is 43.5 Å². The Balaban J connectivity index is 0.00000196. The summed E-state index contributed by atoms with van der Waals surface area (Å²) in [5.74, 6) is 0.638. The summed E-state index contributed by atoms with van der Waals surface area (Å²) in [6.45, 7) is 1.77. The number of amides is 1. The van der Waals surface area contributed by atoms with Gasteiger partial charge in [-0.15, -0.1) is 12.4 Å². The van der Waals surface area contributed by atoms with Crippen molar-refractivity contribution in [3.8, 4) is 0 Å². The molecule has 1 saturated heterocycles. The maximum absolute atomic E-state index is 13.1. The van der Waals surface area contributed by atoms with E-state index in [1.54, 1.807) is 10.9 Å². The van der Waals surface area contributed by atoms with Crippen LogP contribution in [0.2, 0.25) is 0 Å². The summed E-state index contributed by atoms with van der Waals surface area (Å²) in [5.41, 5.74) is 2.47. The van der Waals surface area contributed by atoms with Gasteiger partial charge < -0.3 is 16.0 Å². The molecule has 1 aliphatic carbocycles. The fourth-order valence-corrected chi connectivity index (χ4v) is 4.27. The summed E-state index contributed by atoms with van der Waals surface area (Å²) in [7, 11) is 1.89. The molecule has 2 aliphatic rings. The molecule has 3 N–H and O–H groups in total. The van der Waals surface area contributed by atoms with Crippen molar-refractivity contribution in [3.05, 3.63) is 36.7 Å². The SMILES string of the molecule is Cl.Cn1cc(Nc2cccc(NC(=O)[C@@]34CCCC[C@H]3CNC4)c2)cn1. The molecule has 2 fully saturated rings. The quantitative estimate of drug-likeness (QED) is 0.766. The molecular weight excluding hydrogens is 350 g/mol. The molecule has 1 saturated carbocycles. The Morgan fingerprint density at radius 1 is 1.31 bits per heavy atom. The molecule has 0 radical (unpaired) electrons. The zero-order valence-electron chi connectivity index (χ0n) is 15.0. The number of anilines is 3. The van der Waals surface area contributed by atoms with Crippen LogP contribution in [0.5, 0.6) is 0 Å². The molecule has 2 atom stereocenters. The summed E-state index contributed by atoms with van der Waals surface area (Å²) in [6, 6.07) is 7.86. The van der Waals surface area contributed by atoms with Gasteiger partial charge >= 0.3 is 0 Å². The van der Waals surface area contributed by atoms with Crippen LogP contribution in [0.15, 0.2) is 36.7 Å². The number of fused-ring (bicyclic) bond motifs is 1. The van der Waals surface area contributed by atoms with E-state index in [1.165, 1.54) is 6.42 Å². The first-order valence-corrected chi connectivity index (χ1v) is 9.04. The number of aromatic nitrogens is 2. The molecule has 0 unspecified atom stereocenters. The van der Waals surface area contributed by atoms with E-state index < -0.39 is 0 Å². The van der Waals surface area contributed by atoms with Crippen LogP contribution >= 0.6 is 12.4 Å². The molecule has 1 aromatic carbocycles. The van der Waals surface area contributed by atoms with Gasteiger partial charge in [-0.1, -0.05) is 18.9 Å². The molecule has 1 aliphatic heterocycles. The van der Waals surface area contributed by atoms with Gasteiger partial charge in [-0.25, -0.2) is 0 Å². The van der Waals surface area contributed by atoms with Gasteiger partial charge in [0.2, 0.25) is 5.91 Å². The molecule has 1 aromatic heterocycles. The highest BCUT2D eigenvalue weighted by Gasteiger charge is 2.49. The smallest absolute Gasteiger partial charge is 0.232 e. The largest absolute Gasteiger partial charge is 0.353 e. The molecular formula is C19H26ClN5O. The number of hydrogen-bond acceptors (Lipinski definition) is 4. The second-order valence-electron chi connectivity index (χ2n) is 7.29. The van der Waals surface area contributed by atoms with Crippen molar-refractivity contribution < 1.29 is 4.79 Å². The first-order valence-electron chi connectivity index (χ1n) is 9.04. The van der Waals surface area contributed by atoms with Crippen molar-refractivity contribution in [1.82, 2.24) is 15.1 Å². The van der Waals surface area contributed by atoms with Crippen LogP contribution < -0.4 is 16.0 Å². The van der Waals surface area contributed by atoms with Crippen molar-refractivity contribution in [3.63, 3.8) is 0 Å². The maximum Gasteiger partial charge on any atom is 0.232 e. The normalized spacial score (nSPS) is 24.4. The highest BCUT2D eigenvalue weighted by molar-refractivity contribution is 5.96. The average Bonchev–Trinajstić information content (AvgIpc) is 3.22. The molecule has 2 aromatic rings. The average molecular weight is 376 g/mol. The van der Waals surface area contributed by atoms with E-state index in [9.17, 15) is 4.79 Å². The van der Waals surface area contributed by atoms with Crippen molar-refractivity contribution in [2.75, 3.05) is 23.7 Å². The predicted octanol–water partition coefficient (Wildman–Crippen LogP) is 3.30. The van der Waals surface area contributed by atoms with E-state index >= 15 is 0 Å². The third kappa shape index (κ3) is 3.57. The fraction of sp³-hybridized carbons (Fsp3) is 0.474. The standard InChI is InChI=1S/C19H25N5O.ClH/c1-24-12-17(11-21-24)22-15-6-4-7-16(9-15)23-18(25)19-8-3-2-5-14(19)10-20-13-19;/h4,6-7,9,11-12,14,20,22H,2-3,5,8,10,13H2,1H3,(H,23,25);1H/t14-,19+;/m0./s1. The topological polar surface area (TPSA) is 71.0 Å². The zero-order chi connectivity index (χ0) is 17.3. The number of benzene rings is 1. The number of nitrogens with zero attached hydrogens (tertiary/aromatic N) is 2. The molecule has 26 heavy (non-hydrogen) atoms. The van der Waals surface area contributed by atoms with Crippen LogP contribution in [0, 0.1) is 11.3 Å². The van der Waals surface area contributed by atoms with Crippen molar-refractivity contribution in [1.29, 1.82) is 0 Å². The summed E-state index contributed by atoms with van der Waals surface area (Å²) in [5, 5.41) is 14.1. The van der Waals surface area contributed by atoms with Gasteiger partial charge in [-0.2, -0.15) is 5.10 Å². The van der Waals surface area contributed by atoms with Gasteiger partial charge in [0.1, 0.15) is 0 Å². The monoisotopic (exact) mass is 375 g/mol. The van der Waals surface area contributed by atoms with Gasteiger partial charge in [0.25, 0.3) is 0 Å². The van der Waals surface area contributed by atoms with Crippen LogP contribution in [0.3, 0.4) is 0 Å². The first-order chi connectivity index (χ1) is 12.2. The molecule has 7 heteroatoms. The second kappa shape index (κ2) is 7.68. The lowest BCUT2D eigenvalue weighted by atomic mass is 9.67. The van der Waals surface area contributed by atoms with Gasteiger partial charge in [0.05, 0.1) is 17.3 Å². The Kier molecular flexibility index (Phi) is 5.53. The van der Waals surface area contributed by atoms with Crippen molar-refractivity contribution in [2.45, 2.75) is 25.7 Å². The second-order valence-corrected chi connectivity index (χ2v) is 7.29. The number of aryl methyl sites for hydroxylation is 1. The highest BCUT2D eigenvalue weighted by atomic mass is 35.5. The van der Waals surface area contributed by atoms with Crippen LogP contribution in [0.25, 0.3) is 0 Å². The van der Waals surface area contributed by atoms with E-state index in [2.05, 4.69) is 21.0 Å².